The van der Waals surface area contributed by atoms with Crippen LogP contribution in [0.5, 0.6) is 11.5 Å². The van der Waals surface area contributed by atoms with E-state index in [4.69, 9.17) is 23.4 Å². The van der Waals surface area contributed by atoms with Crippen molar-refractivity contribution in [3.05, 3.63) is 234 Å². The van der Waals surface area contributed by atoms with Gasteiger partial charge in [0.2, 0.25) is 0 Å². The van der Waals surface area contributed by atoms with Gasteiger partial charge < -0.3 is 4.74 Å². The highest BCUT2D eigenvalue weighted by Gasteiger charge is 2.24. The van der Waals surface area contributed by atoms with Crippen molar-refractivity contribution in [1.29, 1.82) is 0 Å². The van der Waals surface area contributed by atoms with E-state index >= 15 is 0 Å². The number of aromatic nitrogens is 4. The molecule has 0 N–H and O–H groups in total. The summed E-state index contributed by atoms with van der Waals surface area (Å²) >= 11 is 0. The second-order valence-corrected chi connectivity index (χ2v) is 18.9. The zero-order chi connectivity index (χ0) is 55.2. The molecule has 4 aliphatic carbocycles. The van der Waals surface area contributed by atoms with Crippen LogP contribution < -0.4 is 9.30 Å². The first-order chi connectivity index (χ1) is 38.0. The summed E-state index contributed by atoms with van der Waals surface area (Å²) in [6.45, 7) is 6.66. The van der Waals surface area contributed by atoms with E-state index in [0.717, 1.165) is 55.2 Å². The van der Waals surface area contributed by atoms with Crippen LogP contribution in [-0.2, 0) is 31.1 Å². The Balaban J connectivity index is 1.02. The molecule has 5 nitrogen and oxygen atoms in total. The number of nitrogens with zero attached hydrogens (tertiary/aromatic N) is 4. The van der Waals surface area contributed by atoms with E-state index in [1.54, 1.807) is 22.8 Å². The summed E-state index contributed by atoms with van der Waals surface area (Å²) in [5.74, 6) is 1.98. The van der Waals surface area contributed by atoms with Crippen LogP contribution in [0.4, 0.5) is 0 Å². The van der Waals surface area contributed by atoms with Crippen LogP contribution in [0.25, 0.3) is 72.3 Å². The zero-order valence-electron chi connectivity index (χ0n) is 48.7. The molecule has 0 fully saturated rings. The third kappa shape index (κ3) is 7.98. The summed E-state index contributed by atoms with van der Waals surface area (Å²) in [6, 6.07) is 39.1. The molecule has 3 aromatic heterocycles. The van der Waals surface area contributed by atoms with Gasteiger partial charge in [0.1, 0.15) is 17.3 Å². The maximum Gasteiger partial charge on any atom is 0.269 e. The number of para-hydroxylation sites is 3. The van der Waals surface area contributed by atoms with Crippen LogP contribution >= 0.6 is 0 Å². The van der Waals surface area contributed by atoms with Gasteiger partial charge in [0.15, 0.2) is 0 Å². The average molecular weight is 905 g/mol. The SMILES string of the molecule is [2H]c1c([2H])c([2H])c(-c2cccc(-c3c([2H])c([2H])c([2H])c([2H])c3[2H])c2-[n+]2[c-]n(-c3cccc(Oc4ccc5c6c7ccc(c6n(-c6cc(C(C)(C)C)ccn6)c5c4)CCCc4ccc(cc4)CCC7)c3)c3ccccc32)c([2H])c1[2H]. The Morgan fingerprint density at radius 1 is 0.609 bits per heavy atom. The topological polar surface area (TPSA) is 35.9 Å². The number of imidazole rings is 1. The van der Waals surface area contributed by atoms with Crippen LogP contribution in [0.1, 0.15) is 75.1 Å². The first kappa shape index (κ1) is 32.6. The van der Waals surface area contributed by atoms with E-state index in [-0.39, 0.29) is 33.4 Å². The fourth-order valence-corrected chi connectivity index (χ4v) is 10.0. The van der Waals surface area contributed by atoms with E-state index in [9.17, 15) is 0 Å². The molecule has 0 amide bonds. The molecule has 0 saturated heterocycles. The molecule has 0 unspecified atom stereocenters. The van der Waals surface area contributed by atoms with Crippen molar-refractivity contribution in [3.63, 3.8) is 0 Å². The minimum absolute atomic E-state index is 0.116. The fourth-order valence-electron chi connectivity index (χ4n) is 10.0. The molecule has 15 rings (SSSR count). The maximum absolute atomic E-state index is 9.08. The largest absolute Gasteiger partial charge is 0.458 e. The minimum atomic E-state index is -0.563. The van der Waals surface area contributed by atoms with Gasteiger partial charge in [0.25, 0.3) is 6.33 Å². The average Bonchev–Trinajstić information content (AvgIpc) is 4.23. The molecule has 4 aliphatic rings. The van der Waals surface area contributed by atoms with Gasteiger partial charge in [-0.2, -0.15) is 0 Å². The Hall–Kier alpha value is -8.02. The monoisotopic (exact) mass is 904 g/mol. The molecule has 4 bridgehead atoms. The van der Waals surface area contributed by atoms with Crippen molar-refractivity contribution in [3.8, 4) is 50.9 Å². The van der Waals surface area contributed by atoms with Crippen LogP contribution in [0.15, 0.2) is 200 Å². The summed E-state index contributed by atoms with van der Waals surface area (Å²) in [5.41, 5.74) is 10.6. The molecule has 0 atom stereocenters. The number of fused-ring (bicyclic) bond motifs is 2. The molecule has 0 radical (unpaired) electrons. The molecule has 336 valence electrons. The molecular formula is C64H54N4O. The third-order valence-electron chi connectivity index (χ3n) is 13.4. The Kier molecular flexibility index (Phi) is 8.31. The maximum atomic E-state index is 9.08. The number of hydrogen-bond acceptors (Lipinski definition) is 2. The van der Waals surface area contributed by atoms with Gasteiger partial charge in [-0.1, -0.05) is 166 Å². The van der Waals surface area contributed by atoms with Crippen LogP contribution in [-0.4, -0.2) is 14.1 Å². The van der Waals surface area contributed by atoms with E-state index in [1.165, 1.54) is 38.7 Å². The molecule has 3 heterocycles. The van der Waals surface area contributed by atoms with Crippen LogP contribution in [0.2, 0.25) is 0 Å². The van der Waals surface area contributed by atoms with E-state index in [2.05, 4.69) is 92.3 Å². The summed E-state index contributed by atoms with van der Waals surface area (Å²) < 4.78 is 100. The summed E-state index contributed by atoms with van der Waals surface area (Å²) in [5, 5.41) is 2.36. The van der Waals surface area contributed by atoms with Gasteiger partial charge in [-0.3, -0.25) is 13.7 Å². The molecule has 69 heavy (non-hydrogen) atoms. The zero-order valence-corrected chi connectivity index (χ0v) is 38.7. The normalized spacial score (nSPS) is 15.1. The van der Waals surface area contributed by atoms with Gasteiger partial charge >= 0.3 is 0 Å². The van der Waals surface area contributed by atoms with Gasteiger partial charge in [-0.15, -0.1) is 0 Å². The lowest BCUT2D eigenvalue weighted by Crippen LogP contribution is -2.31. The summed E-state index contributed by atoms with van der Waals surface area (Å²) in [7, 11) is 0. The lowest BCUT2D eigenvalue weighted by molar-refractivity contribution is -0.571. The second kappa shape index (κ2) is 17.6. The Bertz CT molecular complexity index is 4150. The molecule has 0 saturated carbocycles. The minimum Gasteiger partial charge on any atom is -0.458 e. The lowest BCUT2D eigenvalue weighted by atomic mass is 9.88. The molecule has 5 heteroatoms. The van der Waals surface area contributed by atoms with Gasteiger partial charge in [0, 0.05) is 23.0 Å². The molecule has 8 aromatic carbocycles. The van der Waals surface area contributed by atoms with E-state index in [1.807, 2.05) is 65.4 Å². The van der Waals surface area contributed by atoms with Crippen molar-refractivity contribution in [1.82, 2.24) is 14.1 Å². The Morgan fingerprint density at radius 3 is 1.97 bits per heavy atom. The standard InChI is InChI=1S/C64H54N4O/c1-64(2,3)50-38-39-65-60(40-50)68-59-42-53(36-37-56(59)61-48-22-12-16-44-30-32-45(33-31-44)17-13-23-49(35-34-48)62(61)68)69-52-25-14-24-51(41-52)66-43-67(58-29-11-10-28-57(58)66)63-54(46-18-6-4-7-19-46)26-15-27-55(63)47-20-8-5-9-21-47/h4-11,14-15,18-21,24-42H,12-13,16-17,22-23H2,1-3H3/i4D,5D,6D,7D,8D,9D,18D,19D,20D,21D. The quantitative estimate of drug-likeness (QED) is 0.118. The molecule has 0 aliphatic heterocycles. The van der Waals surface area contributed by atoms with Gasteiger partial charge in [0.05, 0.1) is 47.1 Å². The Morgan fingerprint density at radius 2 is 1.26 bits per heavy atom. The predicted octanol–water partition coefficient (Wildman–Crippen LogP) is 15.3. The third-order valence-corrected chi connectivity index (χ3v) is 13.4. The number of aryl methyl sites for hydroxylation is 4. The van der Waals surface area contributed by atoms with E-state index in [0.29, 0.717) is 28.2 Å². The lowest BCUT2D eigenvalue weighted by Gasteiger charge is -2.20. The highest BCUT2D eigenvalue weighted by molar-refractivity contribution is 6.12. The number of rotatable bonds is 7. The van der Waals surface area contributed by atoms with E-state index < -0.39 is 60.4 Å². The number of hydrogen-bond donors (Lipinski definition) is 0. The smallest absolute Gasteiger partial charge is 0.269 e. The number of ether oxygens (including phenoxy) is 1. The first-order valence-electron chi connectivity index (χ1n) is 28.6. The molecule has 11 aromatic rings. The van der Waals surface area contributed by atoms with Crippen LogP contribution in [0, 0.1) is 6.33 Å². The highest BCUT2D eigenvalue weighted by Crippen LogP contribution is 2.41. The number of pyridine rings is 1. The summed E-state index contributed by atoms with van der Waals surface area (Å²) in [4.78, 5) is 5.07. The molecule has 0 spiro atoms. The highest BCUT2D eigenvalue weighted by atomic mass is 16.5. The van der Waals surface area contributed by atoms with Crippen molar-refractivity contribution in [2.45, 2.75) is 64.7 Å². The van der Waals surface area contributed by atoms with Gasteiger partial charge in [-0.25, -0.2) is 4.98 Å². The number of benzene rings is 8. The predicted molar refractivity (Wildman–Crippen MR) is 282 cm³/mol. The second-order valence-electron chi connectivity index (χ2n) is 18.9. The first-order valence-corrected chi connectivity index (χ1v) is 23.6. The van der Waals surface area contributed by atoms with Crippen molar-refractivity contribution >= 4 is 32.8 Å². The van der Waals surface area contributed by atoms with Crippen molar-refractivity contribution in [2.75, 3.05) is 0 Å². The van der Waals surface area contributed by atoms with Crippen molar-refractivity contribution in [2.24, 2.45) is 0 Å². The molecular weight excluding hydrogens is 841 g/mol. The van der Waals surface area contributed by atoms with Crippen molar-refractivity contribution < 1.29 is 23.0 Å². The fraction of sp³-hybridized carbons (Fsp3) is 0.156. The summed E-state index contributed by atoms with van der Waals surface area (Å²) in [6.07, 6.45) is 11.2. The van der Waals surface area contributed by atoms with Crippen LogP contribution in [0.3, 0.4) is 0 Å². The Labute approximate surface area is 418 Å². The van der Waals surface area contributed by atoms with Gasteiger partial charge in [-0.05, 0) is 136 Å².